The van der Waals surface area contributed by atoms with Crippen LogP contribution in [0.2, 0.25) is 0 Å². The molecule has 152 valence electrons. The van der Waals surface area contributed by atoms with E-state index in [4.69, 9.17) is 4.74 Å². The molecule has 1 heterocycles. The summed E-state index contributed by atoms with van der Waals surface area (Å²) < 4.78 is 5.59. The first-order valence-electron chi connectivity index (χ1n) is 11.3. The molecule has 28 heavy (non-hydrogen) atoms. The molecular formula is C25H36N2O. The van der Waals surface area contributed by atoms with Gasteiger partial charge in [0.05, 0.1) is 12.3 Å². The first-order chi connectivity index (χ1) is 13.8. The average Bonchev–Trinajstić information content (AvgIpc) is 2.75. The summed E-state index contributed by atoms with van der Waals surface area (Å²) >= 11 is 0. The maximum absolute atomic E-state index is 5.59. The SMILES string of the molecule is CCCCOc1ccc(-c2ccc(CCC3CCC(CCC)CC3)cc2)nn1. The highest BCUT2D eigenvalue weighted by molar-refractivity contribution is 5.59. The molecule has 0 radical (unpaired) electrons. The van der Waals surface area contributed by atoms with Crippen LogP contribution >= 0.6 is 0 Å². The van der Waals surface area contributed by atoms with Gasteiger partial charge in [-0.1, -0.05) is 83.1 Å². The van der Waals surface area contributed by atoms with Gasteiger partial charge in [0.1, 0.15) is 0 Å². The molecule has 1 aromatic carbocycles. The molecule has 0 saturated heterocycles. The van der Waals surface area contributed by atoms with Gasteiger partial charge < -0.3 is 4.74 Å². The minimum absolute atomic E-state index is 0.613. The van der Waals surface area contributed by atoms with Crippen LogP contribution in [0.4, 0.5) is 0 Å². The molecule has 1 aliphatic rings. The normalized spacial score (nSPS) is 19.5. The lowest BCUT2D eigenvalue weighted by molar-refractivity contribution is 0.252. The summed E-state index contributed by atoms with van der Waals surface area (Å²) in [7, 11) is 0. The third-order valence-electron chi connectivity index (χ3n) is 6.14. The van der Waals surface area contributed by atoms with Crippen molar-refractivity contribution in [2.45, 2.75) is 78.1 Å². The number of hydrogen-bond acceptors (Lipinski definition) is 3. The average molecular weight is 381 g/mol. The molecule has 0 atom stereocenters. The van der Waals surface area contributed by atoms with Crippen LogP contribution < -0.4 is 4.74 Å². The molecular weight excluding hydrogens is 344 g/mol. The summed E-state index contributed by atoms with van der Waals surface area (Å²) in [4.78, 5) is 0. The fraction of sp³-hybridized carbons (Fsp3) is 0.600. The van der Waals surface area contributed by atoms with Crippen molar-refractivity contribution in [3.63, 3.8) is 0 Å². The number of ether oxygens (including phenoxy) is 1. The van der Waals surface area contributed by atoms with Crippen LogP contribution in [0.3, 0.4) is 0 Å². The highest BCUT2D eigenvalue weighted by Gasteiger charge is 2.20. The molecule has 0 bridgehead atoms. The first kappa shape index (κ1) is 20.8. The molecule has 0 aliphatic heterocycles. The predicted octanol–water partition coefficient (Wildman–Crippen LogP) is 6.86. The summed E-state index contributed by atoms with van der Waals surface area (Å²) in [5.74, 6) is 2.55. The van der Waals surface area contributed by atoms with Crippen molar-refractivity contribution in [2.24, 2.45) is 11.8 Å². The van der Waals surface area contributed by atoms with Crippen molar-refractivity contribution in [3.05, 3.63) is 42.0 Å². The zero-order valence-electron chi connectivity index (χ0n) is 17.7. The summed E-state index contributed by atoms with van der Waals surface area (Å²) in [6.07, 6.45) is 13.3. The molecule has 0 unspecified atom stereocenters. The lowest BCUT2D eigenvalue weighted by Crippen LogP contribution is -2.15. The smallest absolute Gasteiger partial charge is 0.233 e. The Balaban J connectivity index is 1.46. The first-order valence-corrected chi connectivity index (χ1v) is 11.3. The van der Waals surface area contributed by atoms with Gasteiger partial charge in [-0.05, 0) is 42.7 Å². The topological polar surface area (TPSA) is 35.0 Å². The van der Waals surface area contributed by atoms with E-state index in [0.29, 0.717) is 12.5 Å². The predicted molar refractivity (Wildman–Crippen MR) is 117 cm³/mol. The molecule has 0 amide bonds. The minimum Gasteiger partial charge on any atom is -0.477 e. The quantitative estimate of drug-likeness (QED) is 0.422. The highest BCUT2D eigenvalue weighted by atomic mass is 16.5. The van der Waals surface area contributed by atoms with Gasteiger partial charge in [0.15, 0.2) is 0 Å². The fourth-order valence-electron chi connectivity index (χ4n) is 4.30. The third kappa shape index (κ3) is 6.32. The molecule has 0 spiro atoms. The lowest BCUT2D eigenvalue weighted by atomic mass is 9.78. The van der Waals surface area contributed by atoms with E-state index < -0.39 is 0 Å². The number of aromatic nitrogens is 2. The zero-order valence-corrected chi connectivity index (χ0v) is 17.7. The Hall–Kier alpha value is -1.90. The van der Waals surface area contributed by atoms with Crippen molar-refractivity contribution in [3.8, 4) is 17.1 Å². The molecule has 1 aromatic heterocycles. The molecule has 1 fully saturated rings. The Morgan fingerprint density at radius 2 is 1.54 bits per heavy atom. The Kier molecular flexibility index (Phi) is 8.32. The van der Waals surface area contributed by atoms with Crippen LogP contribution in [0.5, 0.6) is 5.88 Å². The Labute approximate surface area is 170 Å². The van der Waals surface area contributed by atoms with Gasteiger partial charge in [-0.2, -0.15) is 0 Å². The van der Waals surface area contributed by atoms with Gasteiger partial charge in [0, 0.05) is 11.6 Å². The van der Waals surface area contributed by atoms with E-state index in [1.807, 2.05) is 12.1 Å². The van der Waals surface area contributed by atoms with Crippen LogP contribution in [0, 0.1) is 11.8 Å². The van der Waals surface area contributed by atoms with Crippen LogP contribution in [0.1, 0.15) is 77.2 Å². The summed E-state index contributed by atoms with van der Waals surface area (Å²) in [5.41, 5.74) is 3.46. The van der Waals surface area contributed by atoms with E-state index in [1.165, 1.54) is 56.9 Å². The van der Waals surface area contributed by atoms with E-state index in [2.05, 4.69) is 48.3 Å². The zero-order chi connectivity index (χ0) is 19.6. The summed E-state index contributed by atoms with van der Waals surface area (Å²) in [5, 5.41) is 8.52. The van der Waals surface area contributed by atoms with Crippen molar-refractivity contribution in [2.75, 3.05) is 6.61 Å². The Morgan fingerprint density at radius 1 is 0.821 bits per heavy atom. The number of nitrogens with zero attached hydrogens (tertiary/aromatic N) is 2. The van der Waals surface area contributed by atoms with Gasteiger partial charge in [-0.3, -0.25) is 0 Å². The Morgan fingerprint density at radius 3 is 2.14 bits per heavy atom. The second-order valence-corrected chi connectivity index (χ2v) is 8.37. The molecule has 3 rings (SSSR count). The molecule has 2 aromatic rings. The molecule has 3 heteroatoms. The maximum Gasteiger partial charge on any atom is 0.233 e. The lowest BCUT2D eigenvalue weighted by Gasteiger charge is -2.28. The number of rotatable bonds is 10. The molecule has 1 aliphatic carbocycles. The monoisotopic (exact) mass is 380 g/mol. The second kappa shape index (κ2) is 11.2. The number of benzene rings is 1. The molecule has 3 nitrogen and oxygen atoms in total. The third-order valence-corrected chi connectivity index (χ3v) is 6.14. The Bertz CT molecular complexity index is 673. The van der Waals surface area contributed by atoms with Gasteiger partial charge in [-0.25, -0.2) is 0 Å². The van der Waals surface area contributed by atoms with Gasteiger partial charge in [0.2, 0.25) is 5.88 Å². The summed E-state index contributed by atoms with van der Waals surface area (Å²) in [6.45, 7) is 5.18. The van der Waals surface area contributed by atoms with E-state index in [0.717, 1.165) is 35.9 Å². The largest absolute Gasteiger partial charge is 0.477 e. The van der Waals surface area contributed by atoms with Crippen molar-refractivity contribution in [1.29, 1.82) is 0 Å². The van der Waals surface area contributed by atoms with Gasteiger partial charge in [-0.15, -0.1) is 10.2 Å². The van der Waals surface area contributed by atoms with Crippen LogP contribution in [0.25, 0.3) is 11.3 Å². The van der Waals surface area contributed by atoms with Crippen LogP contribution in [0.15, 0.2) is 36.4 Å². The number of hydrogen-bond donors (Lipinski definition) is 0. The molecule has 1 saturated carbocycles. The standard InChI is InChI=1S/C25H36N2O/c1-3-5-19-28-25-18-17-24(26-27-25)23-15-13-22(14-16-23)12-11-21-9-7-20(6-4-2)8-10-21/h13-18,20-21H,3-12,19H2,1-2H3. The fourth-order valence-corrected chi connectivity index (χ4v) is 4.30. The highest BCUT2D eigenvalue weighted by Crippen LogP contribution is 2.34. The van der Waals surface area contributed by atoms with E-state index >= 15 is 0 Å². The van der Waals surface area contributed by atoms with Crippen molar-refractivity contribution >= 4 is 0 Å². The number of aryl methyl sites for hydroxylation is 1. The van der Waals surface area contributed by atoms with Gasteiger partial charge >= 0.3 is 0 Å². The van der Waals surface area contributed by atoms with E-state index in [-0.39, 0.29) is 0 Å². The van der Waals surface area contributed by atoms with Crippen LogP contribution in [-0.2, 0) is 6.42 Å². The number of unbranched alkanes of at least 4 members (excludes halogenated alkanes) is 1. The molecule has 0 N–H and O–H groups in total. The minimum atomic E-state index is 0.613. The maximum atomic E-state index is 5.59. The summed E-state index contributed by atoms with van der Waals surface area (Å²) in [6, 6.07) is 12.8. The van der Waals surface area contributed by atoms with Crippen molar-refractivity contribution < 1.29 is 4.74 Å². The van der Waals surface area contributed by atoms with Crippen molar-refractivity contribution in [1.82, 2.24) is 10.2 Å². The van der Waals surface area contributed by atoms with Gasteiger partial charge in [0.25, 0.3) is 0 Å². The second-order valence-electron chi connectivity index (χ2n) is 8.37. The van der Waals surface area contributed by atoms with E-state index in [1.54, 1.807) is 0 Å². The van der Waals surface area contributed by atoms with E-state index in [9.17, 15) is 0 Å². The van der Waals surface area contributed by atoms with Crippen LogP contribution in [-0.4, -0.2) is 16.8 Å².